The van der Waals surface area contributed by atoms with Crippen molar-refractivity contribution in [2.75, 3.05) is 0 Å². The maximum absolute atomic E-state index is 12.7. The predicted molar refractivity (Wildman–Crippen MR) is 84.0 cm³/mol. The number of hydrogen-bond donors (Lipinski definition) is 1. The number of nitrogens with one attached hydrogen (secondary N) is 1. The largest absolute Gasteiger partial charge is 0.256 e. The lowest BCUT2D eigenvalue weighted by atomic mass is 9.96. The summed E-state index contributed by atoms with van der Waals surface area (Å²) in [5, 5.41) is 0.496. The summed E-state index contributed by atoms with van der Waals surface area (Å²) in [4.78, 5) is 4.47. The average molecular weight is 325 g/mol. The summed E-state index contributed by atoms with van der Waals surface area (Å²) in [7, 11) is -3.59. The first-order valence-electron chi connectivity index (χ1n) is 7.08. The Hall–Kier alpha value is -1.17. The van der Waals surface area contributed by atoms with Crippen molar-refractivity contribution >= 4 is 32.5 Å². The number of pyridine rings is 1. The van der Waals surface area contributed by atoms with E-state index in [2.05, 4.69) is 9.71 Å². The summed E-state index contributed by atoms with van der Waals surface area (Å²) < 4.78 is 28.1. The highest BCUT2D eigenvalue weighted by Crippen LogP contribution is 2.26. The van der Waals surface area contributed by atoms with E-state index in [1.54, 1.807) is 36.5 Å². The van der Waals surface area contributed by atoms with Gasteiger partial charge in [-0.15, -0.1) is 11.6 Å². The van der Waals surface area contributed by atoms with E-state index in [9.17, 15) is 8.42 Å². The molecule has 21 heavy (non-hydrogen) atoms. The van der Waals surface area contributed by atoms with Crippen molar-refractivity contribution in [1.82, 2.24) is 9.71 Å². The molecule has 1 N–H and O–H groups in total. The Balaban J connectivity index is 1.97. The van der Waals surface area contributed by atoms with E-state index in [1.165, 1.54) is 0 Å². The fourth-order valence-corrected chi connectivity index (χ4v) is 4.74. The average Bonchev–Trinajstić information content (AvgIpc) is 2.49. The van der Waals surface area contributed by atoms with Gasteiger partial charge in [0.15, 0.2) is 0 Å². The highest BCUT2D eigenvalue weighted by atomic mass is 35.5. The molecule has 1 heterocycles. The quantitative estimate of drug-likeness (QED) is 0.883. The maximum Gasteiger partial charge on any atom is 0.241 e. The number of hydrogen-bond acceptors (Lipinski definition) is 3. The lowest BCUT2D eigenvalue weighted by Crippen LogP contribution is -2.42. The van der Waals surface area contributed by atoms with Crippen LogP contribution < -0.4 is 4.72 Å². The van der Waals surface area contributed by atoms with Gasteiger partial charge in [0, 0.05) is 23.0 Å². The Kier molecular flexibility index (Phi) is 4.15. The Morgan fingerprint density at radius 2 is 1.95 bits per heavy atom. The zero-order valence-electron chi connectivity index (χ0n) is 11.5. The number of alkyl halides is 1. The second-order valence-electron chi connectivity index (χ2n) is 5.35. The summed E-state index contributed by atoms with van der Waals surface area (Å²) in [5.41, 5.74) is 0.673. The number of rotatable bonds is 3. The van der Waals surface area contributed by atoms with Gasteiger partial charge in [-0.25, -0.2) is 13.1 Å². The molecule has 112 valence electrons. The molecule has 1 fully saturated rings. The number of halogens is 1. The van der Waals surface area contributed by atoms with Crippen LogP contribution in [0.5, 0.6) is 0 Å². The van der Waals surface area contributed by atoms with E-state index in [1.807, 2.05) is 0 Å². The predicted octanol–water partition coefficient (Wildman–Crippen LogP) is 3.06. The molecule has 0 aliphatic heterocycles. The summed E-state index contributed by atoms with van der Waals surface area (Å²) in [6.45, 7) is 0. The summed E-state index contributed by atoms with van der Waals surface area (Å²) in [6, 6.07) is 8.44. The molecule has 1 aromatic heterocycles. The molecule has 0 saturated heterocycles. The Morgan fingerprint density at radius 1 is 1.14 bits per heavy atom. The van der Waals surface area contributed by atoms with Gasteiger partial charge in [-0.2, -0.15) is 0 Å². The van der Waals surface area contributed by atoms with Gasteiger partial charge in [0.25, 0.3) is 0 Å². The Labute approximate surface area is 129 Å². The molecule has 1 saturated carbocycles. The molecule has 2 aromatic rings. The van der Waals surface area contributed by atoms with Crippen molar-refractivity contribution in [2.24, 2.45) is 0 Å². The van der Waals surface area contributed by atoms with E-state index >= 15 is 0 Å². The number of nitrogens with zero attached hydrogens (tertiary/aromatic N) is 1. The van der Waals surface area contributed by atoms with Crippen LogP contribution >= 0.6 is 11.6 Å². The van der Waals surface area contributed by atoms with Gasteiger partial charge in [-0.05, 0) is 37.1 Å². The smallest absolute Gasteiger partial charge is 0.241 e. The fraction of sp³-hybridized carbons (Fsp3) is 0.400. The monoisotopic (exact) mass is 324 g/mol. The summed E-state index contributed by atoms with van der Waals surface area (Å²) in [5.74, 6) is 0. The van der Waals surface area contributed by atoms with Gasteiger partial charge < -0.3 is 0 Å². The highest BCUT2D eigenvalue weighted by molar-refractivity contribution is 7.89. The standard InChI is InChI=1S/C15H17ClN2O2S/c16-12-6-1-2-7-14(12)18-21(19,20)15-9-3-8-13-11(15)5-4-10-17-13/h3-5,8-10,12,14,18H,1-2,6-7H2. The second-order valence-corrected chi connectivity index (χ2v) is 7.60. The van der Waals surface area contributed by atoms with Gasteiger partial charge in [-0.3, -0.25) is 4.98 Å². The van der Waals surface area contributed by atoms with Crippen LogP contribution in [0.1, 0.15) is 25.7 Å². The Bertz CT molecular complexity index is 743. The third-order valence-electron chi connectivity index (χ3n) is 3.88. The van der Waals surface area contributed by atoms with Gasteiger partial charge in [0.05, 0.1) is 10.4 Å². The highest BCUT2D eigenvalue weighted by Gasteiger charge is 2.28. The van der Waals surface area contributed by atoms with Crippen LogP contribution in [-0.4, -0.2) is 24.8 Å². The SMILES string of the molecule is O=S(=O)(NC1CCCCC1Cl)c1cccc2ncccc12. The molecular weight excluding hydrogens is 308 g/mol. The number of sulfonamides is 1. The molecule has 6 heteroatoms. The normalized spacial score (nSPS) is 23.3. The molecule has 1 aromatic carbocycles. The van der Waals surface area contributed by atoms with Gasteiger partial charge in [0.2, 0.25) is 10.0 Å². The van der Waals surface area contributed by atoms with Crippen LogP contribution in [0.4, 0.5) is 0 Å². The van der Waals surface area contributed by atoms with E-state index in [0.717, 1.165) is 25.7 Å². The maximum atomic E-state index is 12.7. The van der Waals surface area contributed by atoms with Crippen LogP contribution in [-0.2, 0) is 10.0 Å². The zero-order chi connectivity index (χ0) is 14.9. The first kappa shape index (κ1) is 14.8. The lowest BCUT2D eigenvalue weighted by molar-refractivity contribution is 0.418. The van der Waals surface area contributed by atoms with Crippen molar-refractivity contribution in [1.29, 1.82) is 0 Å². The second kappa shape index (κ2) is 5.91. The van der Waals surface area contributed by atoms with Gasteiger partial charge in [0.1, 0.15) is 0 Å². The molecule has 0 amide bonds. The van der Waals surface area contributed by atoms with Crippen molar-refractivity contribution in [3.8, 4) is 0 Å². The van der Waals surface area contributed by atoms with E-state index in [0.29, 0.717) is 10.9 Å². The van der Waals surface area contributed by atoms with Gasteiger partial charge >= 0.3 is 0 Å². The first-order valence-corrected chi connectivity index (χ1v) is 9.00. The molecule has 4 nitrogen and oxygen atoms in total. The lowest BCUT2D eigenvalue weighted by Gasteiger charge is -2.27. The van der Waals surface area contributed by atoms with E-state index in [-0.39, 0.29) is 16.3 Å². The summed E-state index contributed by atoms with van der Waals surface area (Å²) >= 11 is 6.26. The van der Waals surface area contributed by atoms with E-state index < -0.39 is 10.0 Å². The molecule has 3 rings (SSSR count). The fourth-order valence-electron chi connectivity index (χ4n) is 2.79. The molecule has 0 radical (unpaired) electrons. The number of aromatic nitrogens is 1. The minimum absolute atomic E-state index is 0.137. The molecular formula is C15H17ClN2O2S. The molecule has 1 aliphatic rings. The van der Waals surface area contributed by atoms with Crippen LogP contribution in [0.2, 0.25) is 0 Å². The van der Waals surface area contributed by atoms with Crippen LogP contribution in [0, 0.1) is 0 Å². The Morgan fingerprint density at radius 3 is 2.76 bits per heavy atom. The van der Waals surface area contributed by atoms with Crippen molar-refractivity contribution in [2.45, 2.75) is 42.0 Å². The molecule has 2 unspecified atom stereocenters. The molecule has 1 aliphatic carbocycles. The molecule has 2 atom stereocenters. The van der Waals surface area contributed by atoms with Crippen molar-refractivity contribution < 1.29 is 8.42 Å². The van der Waals surface area contributed by atoms with E-state index in [4.69, 9.17) is 11.6 Å². The third-order valence-corrected chi connectivity index (χ3v) is 5.95. The van der Waals surface area contributed by atoms with Crippen LogP contribution in [0.15, 0.2) is 41.4 Å². The minimum Gasteiger partial charge on any atom is -0.256 e. The van der Waals surface area contributed by atoms with Crippen molar-refractivity contribution in [3.05, 3.63) is 36.5 Å². The van der Waals surface area contributed by atoms with Crippen LogP contribution in [0.25, 0.3) is 10.9 Å². The van der Waals surface area contributed by atoms with Crippen molar-refractivity contribution in [3.63, 3.8) is 0 Å². The third kappa shape index (κ3) is 3.05. The number of fused-ring (bicyclic) bond motifs is 1. The minimum atomic E-state index is -3.59. The first-order chi connectivity index (χ1) is 10.1. The number of benzene rings is 1. The van der Waals surface area contributed by atoms with Gasteiger partial charge in [-0.1, -0.05) is 18.9 Å². The summed E-state index contributed by atoms with van der Waals surface area (Å²) in [6.07, 6.45) is 5.36. The van der Waals surface area contributed by atoms with Crippen LogP contribution in [0.3, 0.4) is 0 Å². The topological polar surface area (TPSA) is 59.1 Å². The molecule has 0 spiro atoms. The zero-order valence-corrected chi connectivity index (χ0v) is 13.1. The molecule has 0 bridgehead atoms.